The normalized spacial score (nSPS) is 15.8. The Morgan fingerprint density at radius 3 is 2.43 bits per heavy atom. The monoisotopic (exact) mass is 313 g/mol. The lowest BCUT2D eigenvalue weighted by molar-refractivity contribution is -0.143. The second-order valence-corrected chi connectivity index (χ2v) is 5.62. The highest BCUT2D eigenvalue weighted by Crippen LogP contribution is 2.18. The summed E-state index contributed by atoms with van der Waals surface area (Å²) in [5, 5.41) is 20.8. The lowest BCUT2D eigenvalue weighted by Gasteiger charge is -2.29. The number of carbonyl (C=O) groups is 2. The van der Waals surface area contributed by atoms with Gasteiger partial charge in [0.05, 0.1) is 5.92 Å². The highest BCUT2D eigenvalue weighted by atomic mass is 16.4. The summed E-state index contributed by atoms with van der Waals surface area (Å²) in [5.74, 6) is -1.59. The highest BCUT2D eigenvalue weighted by molar-refractivity contribution is 6.06. The van der Waals surface area contributed by atoms with Gasteiger partial charge in [0.1, 0.15) is 11.6 Å². The maximum absolute atomic E-state index is 12.2. The van der Waals surface area contributed by atoms with Crippen molar-refractivity contribution < 1.29 is 14.7 Å². The van der Waals surface area contributed by atoms with Crippen molar-refractivity contribution in [2.75, 3.05) is 18.4 Å². The molecule has 120 valence electrons. The van der Waals surface area contributed by atoms with Gasteiger partial charge in [-0.05, 0) is 31.9 Å². The Hall–Kier alpha value is -2.81. The Morgan fingerprint density at radius 1 is 1.30 bits per heavy atom. The maximum atomic E-state index is 12.2. The quantitative estimate of drug-likeness (QED) is 0.656. The first-order valence-electron chi connectivity index (χ1n) is 7.46. The van der Waals surface area contributed by atoms with Crippen LogP contribution in [0.15, 0.2) is 36.0 Å². The molecule has 6 nitrogen and oxygen atoms in total. The van der Waals surface area contributed by atoms with Crippen molar-refractivity contribution in [3.63, 3.8) is 0 Å². The van der Waals surface area contributed by atoms with Gasteiger partial charge in [-0.1, -0.05) is 17.7 Å². The molecule has 0 aromatic heterocycles. The summed E-state index contributed by atoms with van der Waals surface area (Å²) in [6.07, 6.45) is 2.55. The maximum Gasteiger partial charge on any atom is 0.306 e. The zero-order chi connectivity index (χ0) is 16.8. The van der Waals surface area contributed by atoms with Crippen LogP contribution in [-0.2, 0) is 9.59 Å². The highest BCUT2D eigenvalue weighted by Gasteiger charge is 2.24. The van der Waals surface area contributed by atoms with Crippen LogP contribution < -0.4 is 5.32 Å². The van der Waals surface area contributed by atoms with E-state index in [4.69, 9.17) is 5.11 Å². The third-order valence-electron chi connectivity index (χ3n) is 3.86. The number of carbonyl (C=O) groups excluding carboxylic acids is 1. The number of rotatable bonds is 4. The van der Waals surface area contributed by atoms with Crippen LogP contribution in [0.1, 0.15) is 18.4 Å². The van der Waals surface area contributed by atoms with Crippen molar-refractivity contribution in [2.24, 2.45) is 5.92 Å². The lowest BCUT2D eigenvalue weighted by atomic mass is 9.97. The first kappa shape index (κ1) is 16.6. The fourth-order valence-corrected chi connectivity index (χ4v) is 2.43. The van der Waals surface area contributed by atoms with E-state index < -0.39 is 11.9 Å². The third-order valence-corrected chi connectivity index (χ3v) is 3.86. The van der Waals surface area contributed by atoms with Gasteiger partial charge in [-0.3, -0.25) is 9.59 Å². The minimum Gasteiger partial charge on any atom is -0.481 e. The van der Waals surface area contributed by atoms with E-state index in [0.29, 0.717) is 31.6 Å². The molecule has 1 aromatic rings. The van der Waals surface area contributed by atoms with Gasteiger partial charge in [-0.2, -0.15) is 5.26 Å². The van der Waals surface area contributed by atoms with Crippen molar-refractivity contribution in [1.29, 1.82) is 5.26 Å². The minimum atomic E-state index is -0.786. The first-order chi connectivity index (χ1) is 11.0. The summed E-state index contributed by atoms with van der Waals surface area (Å²) in [5.41, 5.74) is 1.73. The average Bonchev–Trinajstić information content (AvgIpc) is 2.55. The topological polar surface area (TPSA) is 93.4 Å². The van der Waals surface area contributed by atoms with E-state index in [1.165, 1.54) is 6.20 Å². The van der Waals surface area contributed by atoms with Gasteiger partial charge in [0.15, 0.2) is 0 Å². The van der Waals surface area contributed by atoms with Gasteiger partial charge < -0.3 is 15.3 Å². The third kappa shape index (κ3) is 4.58. The summed E-state index contributed by atoms with van der Waals surface area (Å²) >= 11 is 0. The molecule has 23 heavy (non-hydrogen) atoms. The summed E-state index contributed by atoms with van der Waals surface area (Å²) in [4.78, 5) is 24.9. The molecule has 2 rings (SSSR count). The number of amides is 1. The standard InChI is InChI=1S/C17H19N3O3/c1-12-2-4-15(5-3-12)19-16(21)14(10-18)11-20-8-6-13(7-9-20)17(22)23/h2-5,11,13H,6-9H2,1H3,(H,19,21)(H,22,23)/b14-11-. The van der Waals surface area contributed by atoms with Gasteiger partial charge in [0, 0.05) is 25.0 Å². The number of nitrogens with one attached hydrogen (secondary N) is 1. The number of benzene rings is 1. The van der Waals surface area contributed by atoms with Crippen molar-refractivity contribution >= 4 is 17.6 Å². The zero-order valence-electron chi connectivity index (χ0n) is 13.0. The minimum absolute atomic E-state index is 0.0133. The van der Waals surface area contributed by atoms with Crippen LogP contribution in [-0.4, -0.2) is 35.0 Å². The lowest BCUT2D eigenvalue weighted by Crippen LogP contribution is -2.33. The molecule has 1 fully saturated rings. The number of hydrogen-bond acceptors (Lipinski definition) is 4. The number of carboxylic acid groups (broad SMARTS) is 1. The molecule has 1 amide bonds. The van der Waals surface area contributed by atoms with Gasteiger partial charge in [-0.15, -0.1) is 0 Å². The van der Waals surface area contributed by atoms with Crippen LogP contribution in [0.25, 0.3) is 0 Å². The Morgan fingerprint density at radius 2 is 1.91 bits per heavy atom. The molecule has 0 bridgehead atoms. The Balaban J connectivity index is 1.99. The number of aryl methyl sites for hydroxylation is 1. The van der Waals surface area contributed by atoms with E-state index in [0.717, 1.165) is 5.56 Å². The molecule has 1 aliphatic rings. The molecule has 0 saturated carbocycles. The summed E-state index contributed by atoms with van der Waals surface area (Å²) in [6.45, 7) is 3.01. The van der Waals surface area contributed by atoms with Crippen LogP contribution in [0, 0.1) is 24.2 Å². The number of nitriles is 1. The van der Waals surface area contributed by atoms with Crippen molar-refractivity contribution in [3.05, 3.63) is 41.6 Å². The van der Waals surface area contributed by atoms with Crippen LogP contribution in [0.2, 0.25) is 0 Å². The van der Waals surface area contributed by atoms with Gasteiger partial charge in [0.25, 0.3) is 5.91 Å². The van der Waals surface area contributed by atoms with Gasteiger partial charge >= 0.3 is 5.97 Å². The predicted octanol–water partition coefficient (Wildman–Crippen LogP) is 2.14. The second kappa shape index (κ2) is 7.45. The van der Waals surface area contributed by atoms with Gasteiger partial charge in [0.2, 0.25) is 0 Å². The SMILES string of the molecule is Cc1ccc(NC(=O)/C(C#N)=C\N2CCC(C(=O)O)CC2)cc1. The Kier molecular flexibility index (Phi) is 5.36. The van der Waals surface area contributed by atoms with Gasteiger partial charge in [-0.25, -0.2) is 0 Å². The summed E-state index contributed by atoms with van der Waals surface area (Å²) < 4.78 is 0. The van der Waals surface area contributed by atoms with E-state index in [2.05, 4.69) is 5.32 Å². The van der Waals surface area contributed by atoms with Crippen LogP contribution in [0.3, 0.4) is 0 Å². The number of carboxylic acids is 1. The molecule has 0 unspecified atom stereocenters. The van der Waals surface area contributed by atoms with E-state index in [9.17, 15) is 14.9 Å². The molecule has 1 aromatic carbocycles. The van der Waals surface area contributed by atoms with Crippen molar-refractivity contribution in [1.82, 2.24) is 4.90 Å². The number of hydrogen-bond donors (Lipinski definition) is 2. The molecule has 0 aliphatic carbocycles. The fraction of sp³-hybridized carbons (Fsp3) is 0.353. The molecule has 0 radical (unpaired) electrons. The fourth-order valence-electron chi connectivity index (χ4n) is 2.43. The molecule has 1 saturated heterocycles. The van der Waals surface area contributed by atoms with Crippen molar-refractivity contribution in [2.45, 2.75) is 19.8 Å². The second-order valence-electron chi connectivity index (χ2n) is 5.62. The Labute approximate surface area is 135 Å². The Bertz CT molecular complexity index is 651. The van der Waals surface area contributed by atoms with E-state index >= 15 is 0 Å². The molecular weight excluding hydrogens is 294 g/mol. The van der Waals surface area contributed by atoms with Crippen molar-refractivity contribution in [3.8, 4) is 6.07 Å². The molecule has 0 spiro atoms. The van der Waals surface area contributed by atoms with E-state index in [-0.39, 0.29) is 11.5 Å². The average molecular weight is 313 g/mol. The molecule has 1 aliphatic heterocycles. The molecule has 2 N–H and O–H groups in total. The number of nitrogens with zero attached hydrogens (tertiary/aromatic N) is 2. The number of anilines is 1. The van der Waals surface area contributed by atoms with E-state index in [1.807, 2.05) is 30.0 Å². The molecular formula is C17H19N3O3. The zero-order valence-corrected chi connectivity index (χ0v) is 13.0. The van der Waals surface area contributed by atoms with Crippen LogP contribution in [0.4, 0.5) is 5.69 Å². The first-order valence-corrected chi connectivity index (χ1v) is 7.46. The number of aliphatic carboxylic acids is 1. The predicted molar refractivity (Wildman–Crippen MR) is 85.4 cm³/mol. The number of likely N-dealkylation sites (tertiary alicyclic amines) is 1. The smallest absolute Gasteiger partial charge is 0.306 e. The largest absolute Gasteiger partial charge is 0.481 e. The molecule has 6 heteroatoms. The summed E-state index contributed by atoms with van der Waals surface area (Å²) in [7, 11) is 0. The van der Waals surface area contributed by atoms with Crippen LogP contribution in [0.5, 0.6) is 0 Å². The molecule has 1 heterocycles. The summed E-state index contributed by atoms with van der Waals surface area (Å²) in [6, 6.07) is 9.22. The van der Waals surface area contributed by atoms with Crippen LogP contribution >= 0.6 is 0 Å². The molecule has 0 atom stereocenters. The number of piperidine rings is 1. The van der Waals surface area contributed by atoms with E-state index in [1.54, 1.807) is 12.1 Å².